The van der Waals surface area contributed by atoms with E-state index in [2.05, 4.69) is 13.0 Å². The molecule has 2 saturated carbocycles. The number of nitrogens with zero attached hydrogens (tertiary/aromatic N) is 1. The molecule has 0 aliphatic heterocycles. The summed E-state index contributed by atoms with van der Waals surface area (Å²) in [4.78, 5) is 0. The van der Waals surface area contributed by atoms with E-state index in [0.29, 0.717) is 5.92 Å². The van der Waals surface area contributed by atoms with Gasteiger partial charge in [-0.25, -0.2) is 0 Å². The van der Waals surface area contributed by atoms with Gasteiger partial charge in [-0.05, 0) is 37.5 Å². The van der Waals surface area contributed by atoms with E-state index >= 15 is 0 Å². The van der Waals surface area contributed by atoms with Crippen molar-refractivity contribution in [1.29, 1.82) is 5.26 Å². The molecule has 0 amide bonds. The lowest BCUT2D eigenvalue weighted by atomic mass is 9.64. The zero-order chi connectivity index (χ0) is 9.31. The molecule has 0 aromatic heterocycles. The summed E-state index contributed by atoms with van der Waals surface area (Å²) in [6, 6.07) is 2.68. The molecule has 0 saturated heterocycles. The Morgan fingerprint density at radius 2 is 2.15 bits per heavy atom. The average Bonchev–Trinajstić information content (AvgIpc) is 2.56. The molecule has 0 aromatic rings. The Morgan fingerprint density at radius 1 is 1.31 bits per heavy atom. The van der Waals surface area contributed by atoms with E-state index in [1.807, 2.05) is 0 Å². The van der Waals surface area contributed by atoms with Crippen LogP contribution in [0.25, 0.3) is 0 Å². The first-order valence-electron chi connectivity index (χ1n) is 5.74. The van der Waals surface area contributed by atoms with Crippen molar-refractivity contribution in [3.63, 3.8) is 0 Å². The minimum absolute atomic E-state index is 0.104. The quantitative estimate of drug-likeness (QED) is 0.601. The molecule has 3 unspecified atom stereocenters. The normalized spacial score (nSPS) is 44.0. The molecule has 2 aliphatic rings. The Bertz CT molecular complexity index is 220. The molecule has 0 aromatic carbocycles. The smallest absolute Gasteiger partial charge is 0.0695 e. The highest BCUT2D eigenvalue weighted by atomic mass is 14.5. The predicted molar refractivity (Wildman–Crippen MR) is 53.0 cm³/mol. The van der Waals surface area contributed by atoms with Crippen LogP contribution in [0.3, 0.4) is 0 Å². The topological polar surface area (TPSA) is 23.8 Å². The van der Waals surface area contributed by atoms with Crippen LogP contribution in [0.1, 0.15) is 51.9 Å². The molecule has 2 aliphatic carbocycles. The lowest BCUT2D eigenvalue weighted by Gasteiger charge is -2.37. The summed E-state index contributed by atoms with van der Waals surface area (Å²) in [6.45, 7) is 2.25. The van der Waals surface area contributed by atoms with E-state index in [9.17, 15) is 5.26 Å². The van der Waals surface area contributed by atoms with Crippen LogP contribution in [-0.2, 0) is 0 Å². The molecule has 1 heteroatoms. The van der Waals surface area contributed by atoms with E-state index < -0.39 is 0 Å². The first kappa shape index (κ1) is 9.06. The van der Waals surface area contributed by atoms with Crippen molar-refractivity contribution in [2.24, 2.45) is 17.3 Å². The van der Waals surface area contributed by atoms with Crippen molar-refractivity contribution in [2.75, 3.05) is 0 Å². The van der Waals surface area contributed by atoms with E-state index in [0.717, 1.165) is 5.92 Å². The first-order chi connectivity index (χ1) is 6.33. The third-order valence-electron chi connectivity index (χ3n) is 4.41. The Balaban J connectivity index is 2.24. The van der Waals surface area contributed by atoms with Gasteiger partial charge in [0.25, 0.3) is 0 Å². The molecule has 0 heterocycles. The summed E-state index contributed by atoms with van der Waals surface area (Å²) >= 11 is 0. The van der Waals surface area contributed by atoms with Gasteiger partial charge in [-0.2, -0.15) is 5.26 Å². The highest BCUT2D eigenvalue weighted by Crippen LogP contribution is 2.56. The summed E-state index contributed by atoms with van der Waals surface area (Å²) in [6.07, 6.45) is 9.02. The third kappa shape index (κ3) is 1.19. The fourth-order valence-electron chi connectivity index (χ4n) is 3.68. The number of fused-ring (bicyclic) bond motifs is 1. The van der Waals surface area contributed by atoms with Crippen molar-refractivity contribution in [2.45, 2.75) is 51.9 Å². The van der Waals surface area contributed by atoms with Gasteiger partial charge in [0.1, 0.15) is 0 Å². The van der Waals surface area contributed by atoms with Crippen molar-refractivity contribution >= 4 is 0 Å². The molecule has 0 N–H and O–H groups in total. The van der Waals surface area contributed by atoms with E-state index in [1.165, 1.54) is 44.9 Å². The molecule has 3 atom stereocenters. The lowest BCUT2D eigenvalue weighted by Crippen LogP contribution is -2.33. The molecule has 0 spiro atoms. The molecule has 13 heavy (non-hydrogen) atoms. The summed E-state index contributed by atoms with van der Waals surface area (Å²) in [7, 11) is 0. The second-order valence-corrected chi connectivity index (χ2v) is 4.78. The van der Waals surface area contributed by atoms with Gasteiger partial charge < -0.3 is 0 Å². The van der Waals surface area contributed by atoms with E-state index in [4.69, 9.17) is 0 Å². The Hall–Kier alpha value is -0.510. The number of nitriles is 1. The van der Waals surface area contributed by atoms with E-state index in [1.54, 1.807) is 0 Å². The fourth-order valence-corrected chi connectivity index (χ4v) is 3.68. The third-order valence-corrected chi connectivity index (χ3v) is 4.41. The summed E-state index contributed by atoms with van der Waals surface area (Å²) < 4.78 is 0. The van der Waals surface area contributed by atoms with Crippen molar-refractivity contribution in [3.05, 3.63) is 0 Å². The average molecular weight is 177 g/mol. The number of hydrogen-bond donors (Lipinski definition) is 0. The minimum Gasteiger partial charge on any atom is -0.198 e. The van der Waals surface area contributed by atoms with Gasteiger partial charge in [-0.15, -0.1) is 0 Å². The molecule has 72 valence electrons. The summed E-state index contributed by atoms with van der Waals surface area (Å²) in [5, 5.41) is 9.40. The van der Waals surface area contributed by atoms with Gasteiger partial charge in [-0.1, -0.05) is 26.2 Å². The predicted octanol–water partition coefficient (Wildman–Crippen LogP) is 3.51. The van der Waals surface area contributed by atoms with Crippen LogP contribution < -0.4 is 0 Å². The van der Waals surface area contributed by atoms with Crippen LogP contribution in [0.5, 0.6) is 0 Å². The van der Waals surface area contributed by atoms with Gasteiger partial charge in [0.15, 0.2) is 0 Å². The molecule has 0 bridgehead atoms. The van der Waals surface area contributed by atoms with Crippen molar-refractivity contribution in [1.82, 2.24) is 0 Å². The van der Waals surface area contributed by atoms with Crippen LogP contribution in [0.15, 0.2) is 0 Å². The van der Waals surface area contributed by atoms with Gasteiger partial charge in [0.2, 0.25) is 0 Å². The number of hydrogen-bond acceptors (Lipinski definition) is 1. The molecular weight excluding hydrogens is 158 g/mol. The maximum absolute atomic E-state index is 9.40. The Kier molecular flexibility index (Phi) is 2.32. The summed E-state index contributed by atoms with van der Waals surface area (Å²) in [5.41, 5.74) is 0.104. The van der Waals surface area contributed by atoms with Crippen LogP contribution in [0.4, 0.5) is 0 Å². The fraction of sp³-hybridized carbons (Fsp3) is 0.917. The molecular formula is C12H19N. The van der Waals surface area contributed by atoms with Crippen LogP contribution in [0.2, 0.25) is 0 Å². The zero-order valence-corrected chi connectivity index (χ0v) is 8.55. The van der Waals surface area contributed by atoms with Crippen LogP contribution >= 0.6 is 0 Å². The van der Waals surface area contributed by atoms with Crippen LogP contribution in [0, 0.1) is 28.6 Å². The van der Waals surface area contributed by atoms with Crippen molar-refractivity contribution < 1.29 is 0 Å². The maximum Gasteiger partial charge on any atom is 0.0695 e. The Labute approximate surface area is 81.1 Å². The number of rotatable bonds is 1. The maximum atomic E-state index is 9.40. The minimum atomic E-state index is 0.104. The molecule has 2 rings (SSSR count). The monoisotopic (exact) mass is 177 g/mol. The van der Waals surface area contributed by atoms with Gasteiger partial charge >= 0.3 is 0 Å². The van der Waals surface area contributed by atoms with Gasteiger partial charge in [0, 0.05) is 0 Å². The standard InChI is InChI=1S/C12H19N/c1-2-10-6-7-11-5-3-4-8-12(10,11)9-13/h10-11H,2-8H2,1H3. The van der Waals surface area contributed by atoms with Gasteiger partial charge in [0.05, 0.1) is 11.5 Å². The second kappa shape index (κ2) is 3.33. The van der Waals surface area contributed by atoms with Crippen LogP contribution in [-0.4, -0.2) is 0 Å². The first-order valence-corrected chi connectivity index (χ1v) is 5.74. The lowest BCUT2D eigenvalue weighted by molar-refractivity contribution is 0.142. The second-order valence-electron chi connectivity index (χ2n) is 4.78. The molecule has 1 nitrogen and oxygen atoms in total. The van der Waals surface area contributed by atoms with Gasteiger partial charge in [-0.3, -0.25) is 0 Å². The summed E-state index contributed by atoms with van der Waals surface area (Å²) in [5.74, 6) is 1.46. The molecule has 2 fully saturated rings. The highest BCUT2D eigenvalue weighted by molar-refractivity contribution is 5.11. The SMILES string of the molecule is CCC1CCC2CCCCC12C#N. The van der Waals surface area contributed by atoms with E-state index in [-0.39, 0.29) is 5.41 Å². The largest absolute Gasteiger partial charge is 0.198 e. The Morgan fingerprint density at radius 3 is 2.85 bits per heavy atom. The molecule has 0 radical (unpaired) electrons. The highest BCUT2D eigenvalue weighted by Gasteiger charge is 2.50. The zero-order valence-electron chi connectivity index (χ0n) is 8.55. The van der Waals surface area contributed by atoms with Crippen molar-refractivity contribution in [3.8, 4) is 6.07 Å².